The first-order valence-corrected chi connectivity index (χ1v) is 9.55. The number of ether oxygens (including phenoxy) is 2. The topological polar surface area (TPSA) is 67.9 Å². The van der Waals surface area contributed by atoms with Crippen molar-refractivity contribution < 1.29 is 19.1 Å². The van der Waals surface area contributed by atoms with Crippen LogP contribution in [-0.2, 0) is 16.1 Å². The van der Waals surface area contributed by atoms with Crippen LogP contribution < -0.4 is 14.8 Å². The molecule has 2 heterocycles. The van der Waals surface area contributed by atoms with E-state index in [1.165, 1.54) is 0 Å². The summed E-state index contributed by atoms with van der Waals surface area (Å²) in [7, 11) is 0. The number of rotatable bonds is 4. The van der Waals surface area contributed by atoms with Crippen molar-refractivity contribution in [3.8, 4) is 11.5 Å². The average molecular weight is 409 g/mol. The number of likely N-dealkylation sites (tertiary alicyclic amines) is 1. The summed E-state index contributed by atoms with van der Waals surface area (Å²) in [5, 5.41) is 3.00. The largest absolute Gasteiger partial charge is 0.454 e. The Hall–Kier alpha value is -1.76. The second-order valence-electron chi connectivity index (χ2n) is 6.93. The molecular formula is C18H21BrN2O4. The van der Waals surface area contributed by atoms with E-state index >= 15 is 0 Å². The van der Waals surface area contributed by atoms with Crippen molar-refractivity contribution in [3.63, 3.8) is 0 Å². The molecule has 2 aliphatic heterocycles. The van der Waals surface area contributed by atoms with Gasteiger partial charge in [-0.2, -0.15) is 0 Å². The van der Waals surface area contributed by atoms with Crippen molar-refractivity contribution in [1.82, 2.24) is 10.2 Å². The van der Waals surface area contributed by atoms with Crippen LogP contribution in [-0.4, -0.2) is 36.6 Å². The minimum Gasteiger partial charge on any atom is -0.454 e. The molecular weight excluding hydrogens is 388 g/mol. The van der Waals surface area contributed by atoms with Gasteiger partial charge in [0.1, 0.15) is 0 Å². The van der Waals surface area contributed by atoms with Crippen LogP contribution in [0.15, 0.2) is 16.6 Å². The van der Waals surface area contributed by atoms with Gasteiger partial charge in [-0.1, -0.05) is 0 Å². The maximum atomic E-state index is 12.5. The van der Waals surface area contributed by atoms with E-state index in [1.807, 2.05) is 17.0 Å². The van der Waals surface area contributed by atoms with E-state index in [4.69, 9.17) is 9.47 Å². The molecule has 3 aliphatic rings. The third kappa shape index (κ3) is 3.61. The molecule has 1 N–H and O–H groups in total. The molecule has 0 bridgehead atoms. The molecule has 1 saturated carbocycles. The second-order valence-corrected chi connectivity index (χ2v) is 7.78. The van der Waals surface area contributed by atoms with E-state index in [2.05, 4.69) is 21.2 Å². The smallest absolute Gasteiger partial charge is 0.231 e. The van der Waals surface area contributed by atoms with Crippen LogP contribution in [0.3, 0.4) is 0 Å². The van der Waals surface area contributed by atoms with Crippen LogP contribution in [0.2, 0.25) is 0 Å². The molecule has 0 spiro atoms. The van der Waals surface area contributed by atoms with Crippen LogP contribution in [0, 0.1) is 11.8 Å². The van der Waals surface area contributed by atoms with Crippen LogP contribution in [0.5, 0.6) is 11.5 Å². The van der Waals surface area contributed by atoms with Gasteiger partial charge in [0.25, 0.3) is 0 Å². The lowest BCUT2D eigenvalue weighted by Gasteiger charge is -2.32. The summed E-state index contributed by atoms with van der Waals surface area (Å²) >= 11 is 3.46. The summed E-state index contributed by atoms with van der Waals surface area (Å²) in [6.07, 6.45) is 3.74. The van der Waals surface area contributed by atoms with Crippen LogP contribution >= 0.6 is 15.9 Å². The Morgan fingerprint density at radius 1 is 1.20 bits per heavy atom. The third-order valence-electron chi connectivity index (χ3n) is 4.98. The van der Waals surface area contributed by atoms with E-state index in [9.17, 15) is 9.59 Å². The molecule has 7 heteroatoms. The Morgan fingerprint density at radius 3 is 2.84 bits per heavy atom. The molecule has 1 unspecified atom stereocenters. The predicted molar refractivity (Wildman–Crippen MR) is 94.1 cm³/mol. The van der Waals surface area contributed by atoms with Gasteiger partial charge < -0.3 is 19.7 Å². The molecule has 1 aliphatic carbocycles. The molecule has 6 nitrogen and oxygen atoms in total. The van der Waals surface area contributed by atoms with Crippen LogP contribution in [0.1, 0.15) is 31.2 Å². The maximum Gasteiger partial charge on any atom is 0.231 e. The molecule has 25 heavy (non-hydrogen) atoms. The highest BCUT2D eigenvalue weighted by Crippen LogP contribution is 2.40. The Bertz CT molecular complexity index is 705. The molecule has 1 saturated heterocycles. The highest BCUT2D eigenvalue weighted by molar-refractivity contribution is 9.10. The molecule has 0 aromatic heterocycles. The van der Waals surface area contributed by atoms with Gasteiger partial charge >= 0.3 is 0 Å². The molecule has 0 radical (unpaired) electrons. The number of hydrogen-bond donors (Lipinski definition) is 1. The number of fused-ring (bicyclic) bond motifs is 1. The summed E-state index contributed by atoms with van der Waals surface area (Å²) in [6.45, 7) is 1.98. The highest BCUT2D eigenvalue weighted by Gasteiger charge is 2.36. The monoisotopic (exact) mass is 408 g/mol. The van der Waals surface area contributed by atoms with E-state index in [0.717, 1.165) is 42.3 Å². The molecule has 2 amide bonds. The summed E-state index contributed by atoms with van der Waals surface area (Å²) in [6, 6.07) is 3.81. The van der Waals surface area contributed by atoms with Crippen molar-refractivity contribution in [2.24, 2.45) is 11.8 Å². The standard InChI is InChI=1S/C18H21BrN2O4/c19-14-6-11(7-15-16(14)25-10-24-15)8-20-17(22)13-2-1-5-21(9-13)18(23)12-3-4-12/h6-7,12-13H,1-5,8-10H2,(H,20,22). The van der Waals surface area contributed by atoms with E-state index in [0.29, 0.717) is 24.6 Å². The number of halogens is 1. The Balaban J connectivity index is 1.34. The van der Waals surface area contributed by atoms with Gasteiger partial charge in [0.05, 0.1) is 10.4 Å². The quantitative estimate of drug-likeness (QED) is 0.830. The fraction of sp³-hybridized carbons (Fsp3) is 0.556. The summed E-state index contributed by atoms with van der Waals surface area (Å²) in [5.41, 5.74) is 0.950. The van der Waals surface area contributed by atoms with Crippen molar-refractivity contribution in [1.29, 1.82) is 0 Å². The number of hydrogen-bond acceptors (Lipinski definition) is 4. The summed E-state index contributed by atoms with van der Waals surface area (Å²) < 4.78 is 11.6. The highest BCUT2D eigenvalue weighted by atomic mass is 79.9. The molecule has 2 fully saturated rings. The van der Waals surface area contributed by atoms with Gasteiger partial charge in [-0.3, -0.25) is 9.59 Å². The first-order valence-electron chi connectivity index (χ1n) is 8.76. The van der Waals surface area contributed by atoms with Gasteiger partial charge in [-0.15, -0.1) is 0 Å². The molecule has 1 atom stereocenters. The maximum absolute atomic E-state index is 12.5. The Morgan fingerprint density at radius 2 is 2.04 bits per heavy atom. The van der Waals surface area contributed by atoms with Crippen molar-refractivity contribution in [2.75, 3.05) is 19.9 Å². The first-order chi connectivity index (χ1) is 12.1. The molecule has 1 aromatic carbocycles. The summed E-state index contributed by atoms with van der Waals surface area (Å²) in [5.74, 6) is 1.75. The lowest BCUT2D eigenvalue weighted by atomic mass is 9.96. The van der Waals surface area contributed by atoms with Gasteiger partial charge in [-0.25, -0.2) is 0 Å². The fourth-order valence-corrected chi connectivity index (χ4v) is 4.04. The lowest BCUT2D eigenvalue weighted by molar-refractivity contribution is -0.136. The van der Waals surface area contributed by atoms with Crippen LogP contribution in [0.25, 0.3) is 0 Å². The molecule has 1 aromatic rings. The van der Waals surface area contributed by atoms with Gasteiger partial charge in [0.2, 0.25) is 18.6 Å². The minimum absolute atomic E-state index is 0.0158. The summed E-state index contributed by atoms with van der Waals surface area (Å²) in [4.78, 5) is 26.6. The lowest BCUT2D eigenvalue weighted by Crippen LogP contribution is -2.45. The number of nitrogens with one attached hydrogen (secondary N) is 1. The zero-order chi connectivity index (χ0) is 17.4. The van der Waals surface area contributed by atoms with Crippen molar-refractivity contribution in [3.05, 3.63) is 22.2 Å². The normalized spacial score (nSPS) is 22.0. The van der Waals surface area contributed by atoms with E-state index < -0.39 is 0 Å². The first kappa shape index (κ1) is 16.7. The van der Waals surface area contributed by atoms with Crippen molar-refractivity contribution >= 4 is 27.7 Å². The number of carbonyl (C=O) groups excluding carboxylic acids is 2. The average Bonchev–Trinajstić information content (AvgIpc) is 3.36. The molecule has 134 valence electrons. The zero-order valence-electron chi connectivity index (χ0n) is 13.9. The van der Waals surface area contributed by atoms with Gasteiger partial charge in [0.15, 0.2) is 11.5 Å². The van der Waals surface area contributed by atoms with Gasteiger partial charge in [0, 0.05) is 25.6 Å². The fourth-order valence-electron chi connectivity index (χ4n) is 3.44. The Kier molecular flexibility index (Phi) is 4.58. The number of carbonyl (C=O) groups is 2. The Labute approximate surface area is 155 Å². The predicted octanol–water partition coefficient (Wildman–Crippen LogP) is 2.44. The minimum atomic E-state index is -0.117. The number of nitrogens with zero attached hydrogens (tertiary/aromatic N) is 1. The van der Waals surface area contributed by atoms with E-state index in [-0.39, 0.29) is 30.4 Å². The number of amides is 2. The SMILES string of the molecule is O=C(NCc1cc(Br)c2c(c1)OCO2)C1CCCN(C(=O)C2CC2)C1. The molecule has 4 rings (SSSR count). The number of piperidine rings is 1. The number of benzene rings is 1. The third-order valence-corrected chi connectivity index (χ3v) is 5.57. The van der Waals surface area contributed by atoms with Gasteiger partial charge in [-0.05, 0) is 59.3 Å². The van der Waals surface area contributed by atoms with Crippen LogP contribution in [0.4, 0.5) is 0 Å². The second kappa shape index (κ2) is 6.86. The van der Waals surface area contributed by atoms with E-state index in [1.54, 1.807) is 0 Å². The van der Waals surface area contributed by atoms with Crippen molar-refractivity contribution in [2.45, 2.75) is 32.2 Å². The zero-order valence-corrected chi connectivity index (χ0v) is 15.5.